The molecule has 1 rings (SSSR count). The van der Waals surface area contributed by atoms with Crippen LogP contribution in [0, 0.1) is 6.92 Å². The van der Waals surface area contributed by atoms with Gasteiger partial charge in [0.2, 0.25) is 0 Å². The van der Waals surface area contributed by atoms with Gasteiger partial charge in [-0.15, -0.1) is 0 Å². The van der Waals surface area contributed by atoms with Gasteiger partial charge in [0, 0.05) is 10.7 Å². The monoisotopic (exact) mass is 250 g/mol. The molecule has 82 valence electrons. The Hall–Kier alpha value is -1.27. The minimum Gasteiger partial charge on any atom is -0.506 e. The molecule has 15 heavy (non-hydrogen) atoms. The Morgan fingerprint density at radius 2 is 1.93 bits per heavy atom. The molecule has 0 heterocycles. The van der Waals surface area contributed by atoms with Crippen LogP contribution in [0.1, 0.15) is 15.9 Å². The van der Waals surface area contributed by atoms with E-state index in [-0.39, 0.29) is 11.1 Å². The highest BCUT2D eigenvalue weighted by atomic mass is 35.7. The van der Waals surface area contributed by atoms with Gasteiger partial charge >= 0.3 is 5.97 Å². The Kier molecular flexibility index (Phi) is 2.92. The Morgan fingerprint density at radius 3 is 2.33 bits per heavy atom. The van der Waals surface area contributed by atoms with E-state index >= 15 is 0 Å². The maximum Gasteiger partial charge on any atom is 0.335 e. The molecule has 0 radical (unpaired) electrons. The van der Waals surface area contributed by atoms with Gasteiger partial charge in [-0.25, -0.2) is 13.2 Å². The lowest BCUT2D eigenvalue weighted by molar-refractivity contribution is 0.0696. The molecule has 0 atom stereocenters. The second-order valence-electron chi connectivity index (χ2n) is 2.88. The molecule has 5 nitrogen and oxygen atoms in total. The van der Waals surface area contributed by atoms with Crippen LogP contribution in [0.25, 0.3) is 0 Å². The molecule has 0 amide bonds. The van der Waals surface area contributed by atoms with Crippen molar-refractivity contribution in [3.63, 3.8) is 0 Å². The summed E-state index contributed by atoms with van der Waals surface area (Å²) in [6.07, 6.45) is 0. The summed E-state index contributed by atoms with van der Waals surface area (Å²) in [5.41, 5.74) is -0.112. The maximum atomic E-state index is 11.0. The van der Waals surface area contributed by atoms with E-state index in [1.807, 2.05) is 0 Å². The number of carboxylic acids is 1. The molecular formula is C8H7ClO5S. The molecule has 0 aliphatic carbocycles. The average molecular weight is 251 g/mol. The number of benzene rings is 1. The van der Waals surface area contributed by atoms with Crippen molar-refractivity contribution in [3.8, 4) is 5.75 Å². The topological polar surface area (TPSA) is 91.7 Å². The number of phenols is 1. The molecule has 7 heteroatoms. The van der Waals surface area contributed by atoms with Gasteiger partial charge in [0.05, 0.1) is 5.56 Å². The van der Waals surface area contributed by atoms with Gasteiger partial charge in [0.15, 0.2) is 0 Å². The largest absolute Gasteiger partial charge is 0.506 e. The molecule has 1 aromatic rings. The van der Waals surface area contributed by atoms with E-state index in [1.165, 1.54) is 6.92 Å². The van der Waals surface area contributed by atoms with Crippen LogP contribution in [-0.2, 0) is 9.05 Å². The fourth-order valence-electron chi connectivity index (χ4n) is 1.06. The Bertz CT molecular complexity index is 520. The first-order valence-corrected chi connectivity index (χ1v) is 6.06. The number of aromatic carboxylic acids is 1. The number of aryl methyl sites for hydroxylation is 1. The van der Waals surface area contributed by atoms with Crippen LogP contribution in [0.3, 0.4) is 0 Å². The van der Waals surface area contributed by atoms with Crippen LogP contribution in [0.4, 0.5) is 0 Å². The van der Waals surface area contributed by atoms with Crippen LogP contribution in [0.5, 0.6) is 5.75 Å². The molecule has 0 bridgehead atoms. The molecule has 0 saturated carbocycles. The molecular weight excluding hydrogens is 244 g/mol. The molecule has 1 aromatic carbocycles. The van der Waals surface area contributed by atoms with E-state index < -0.39 is 25.7 Å². The van der Waals surface area contributed by atoms with Crippen LogP contribution >= 0.6 is 10.7 Å². The van der Waals surface area contributed by atoms with Gasteiger partial charge in [-0.2, -0.15) is 0 Å². The highest BCUT2D eigenvalue weighted by Gasteiger charge is 2.20. The number of rotatable bonds is 2. The summed E-state index contributed by atoms with van der Waals surface area (Å²) in [4.78, 5) is 10.0. The van der Waals surface area contributed by atoms with E-state index in [1.54, 1.807) is 0 Å². The minimum absolute atomic E-state index is 0.133. The van der Waals surface area contributed by atoms with Gasteiger partial charge in [0.1, 0.15) is 10.6 Å². The van der Waals surface area contributed by atoms with Crippen molar-refractivity contribution in [1.82, 2.24) is 0 Å². The van der Waals surface area contributed by atoms with E-state index in [2.05, 4.69) is 0 Å². The van der Waals surface area contributed by atoms with Crippen molar-refractivity contribution in [1.29, 1.82) is 0 Å². The second kappa shape index (κ2) is 3.71. The van der Waals surface area contributed by atoms with Crippen LogP contribution < -0.4 is 0 Å². The molecule has 0 aliphatic rings. The zero-order chi connectivity index (χ0) is 11.8. The highest BCUT2D eigenvalue weighted by Crippen LogP contribution is 2.30. The van der Waals surface area contributed by atoms with E-state index in [4.69, 9.17) is 15.8 Å². The minimum atomic E-state index is -4.15. The number of hydrogen-bond donors (Lipinski definition) is 2. The lowest BCUT2D eigenvalue weighted by Gasteiger charge is -2.05. The molecule has 0 aromatic heterocycles. The average Bonchev–Trinajstić information content (AvgIpc) is 2.06. The number of halogens is 1. The first kappa shape index (κ1) is 11.8. The Labute approximate surface area is 90.3 Å². The summed E-state index contributed by atoms with van der Waals surface area (Å²) in [5.74, 6) is -1.82. The van der Waals surface area contributed by atoms with E-state index in [0.29, 0.717) is 0 Å². The summed E-state index contributed by atoms with van der Waals surface area (Å²) < 4.78 is 22.0. The van der Waals surface area contributed by atoms with Crippen molar-refractivity contribution in [2.24, 2.45) is 0 Å². The number of carboxylic acid groups (broad SMARTS) is 1. The normalized spacial score (nSPS) is 11.3. The van der Waals surface area contributed by atoms with E-state index in [9.17, 15) is 18.3 Å². The van der Waals surface area contributed by atoms with Crippen molar-refractivity contribution in [3.05, 3.63) is 23.3 Å². The molecule has 0 aliphatic heterocycles. The fraction of sp³-hybridized carbons (Fsp3) is 0.125. The van der Waals surface area contributed by atoms with Crippen LogP contribution in [0.15, 0.2) is 17.0 Å². The second-order valence-corrected chi connectivity index (χ2v) is 5.42. The molecule has 0 unspecified atom stereocenters. The van der Waals surface area contributed by atoms with Crippen LogP contribution in [-0.4, -0.2) is 24.6 Å². The quantitative estimate of drug-likeness (QED) is 0.773. The summed E-state index contributed by atoms with van der Waals surface area (Å²) in [5, 5.41) is 18.1. The lowest BCUT2D eigenvalue weighted by atomic mass is 10.1. The number of hydrogen-bond acceptors (Lipinski definition) is 4. The SMILES string of the molecule is Cc1cc(C(=O)O)cc(S(=O)(=O)Cl)c1O. The number of aromatic hydroxyl groups is 1. The predicted molar refractivity (Wildman–Crippen MR) is 52.8 cm³/mol. The molecule has 0 saturated heterocycles. The van der Waals surface area contributed by atoms with Gasteiger partial charge in [-0.1, -0.05) is 0 Å². The summed E-state index contributed by atoms with van der Waals surface area (Å²) in [7, 11) is 0.879. The van der Waals surface area contributed by atoms with Crippen molar-refractivity contribution >= 4 is 25.7 Å². The van der Waals surface area contributed by atoms with Gasteiger partial charge in [0.25, 0.3) is 9.05 Å². The first-order valence-electron chi connectivity index (χ1n) is 3.75. The Morgan fingerprint density at radius 1 is 1.40 bits per heavy atom. The van der Waals surface area contributed by atoms with Gasteiger partial charge < -0.3 is 10.2 Å². The van der Waals surface area contributed by atoms with Crippen molar-refractivity contribution < 1.29 is 23.4 Å². The third-order valence-corrected chi connectivity index (χ3v) is 3.11. The van der Waals surface area contributed by atoms with Crippen LogP contribution in [0.2, 0.25) is 0 Å². The maximum absolute atomic E-state index is 11.0. The molecule has 0 fully saturated rings. The smallest absolute Gasteiger partial charge is 0.335 e. The van der Waals surface area contributed by atoms with E-state index in [0.717, 1.165) is 12.1 Å². The number of carbonyl (C=O) groups is 1. The Balaban J connectivity index is 3.59. The number of phenolic OH excluding ortho intramolecular Hbond substituents is 1. The lowest BCUT2D eigenvalue weighted by Crippen LogP contribution is -2.01. The summed E-state index contributed by atoms with van der Waals surface area (Å²) >= 11 is 0. The third kappa shape index (κ3) is 2.40. The van der Waals surface area contributed by atoms with Crippen molar-refractivity contribution in [2.75, 3.05) is 0 Å². The van der Waals surface area contributed by atoms with Gasteiger partial charge in [-0.3, -0.25) is 0 Å². The van der Waals surface area contributed by atoms with Crippen molar-refractivity contribution in [2.45, 2.75) is 11.8 Å². The third-order valence-electron chi connectivity index (χ3n) is 1.78. The zero-order valence-corrected chi connectivity index (χ0v) is 9.13. The standard InChI is InChI=1S/C8H7ClO5S/c1-4-2-5(8(11)12)3-6(7(4)10)15(9,13)14/h2-3,10H,1H3,(H,11,12). The zero-order valence-electron chi connectivity index (χ0n) is 7.56. The van der Waals surface area contributed by atoms with Gasteiger partial charge in [-0.05, 0) is 24.6 Å². The highest BCUT2D eigenvalue weighted by molar-refractivity contribution is 8.13. The summed E-state index contributed by atoms with van der Waals surface area (Å²) in [6.45, 7) is 1.38. The predicted octanol–water partition coefficient (Wildman–Crippen LogP) is 1.33. The first-order chi connectivity index (χ1) is 6.73. The molecule has 2 N–H and O–H groups in total. The molecule has 0 spiro atoms. The summed E-state index contributed by atoms with van der Waals surface area (Å²) in [6, 6.07) is 1.97. The fourth-order valence-corrected chi connectivity index (χ4v) is 2.07.